The predicted molar refractivity (Wildman–Crippen MR) is 144 cm³/mol. The molecule has 0 bridgehead atoms. The monoisotopic (exact) mass is 505 g/mol. The molecule has 2 heterocycles. The standard InChI is InChI=1S/C31H24ClN3O2/c32-26-14-8-7-13-24(26)19-35-30(23-15-17-25(18-16-23)37-20-21-9-3-1-4-10-21)27-28(22-11-5-2-6-12-22)33-34-29(27)31(35)36/h1-18,30H,19-20H2,(H,33,34). The molecule has 5 aromatic rings. The second-order valence-corrected chi connectivity index (χ2v) is 9.40. The van der Waals surface area contributed by atoms with Crippen molar-refractivity contribution in [1.82, 2.24) is 15.1 Å². The third kappa shape index (κ3) is 4.50. The van der Waals surface area contributed by atoms with Crippen LogP contribution in [0.15, 0.2) is 109 Å². The molecule has 1 aliphatic rings. The molecule has 182 valence electrons. The number of benzene rings is 4. The van der Waals surface area contributed by atoms with Crippen molar-refractivity contribution in [2.24, 2.45) is 0 Å². The van der Waals surface area contributed by atoms with Gasteiger partial charge in [-0.1, -0.05) is 103 Å². The number of ether oxygens (including phenoxy) is 1. The van der Waals surface area contributed by atoms with E-state index >= 15 is 0 Å². The maximum Gasteiger partial charge on any atom is 0.273 e. The molecule has 6 heteroatoms. The molecule has 0 saturated heterocycles. The summed E-state index contributed by atoms with van der Waals surface area (Å²) in [5.41, 5.74) is 6.10. The Kier molecular flexibility index (Phi) is 6.21. The smallest absolute Gasteiger partial charge is 0.273 e. The summed E-state index contributed by atoms with van der Waals surface area (Å²) in [4.78, 5) is 15.5. The first-order valence-corrected chi connectivity index (χ1v) is 12.5. The highest BCUT2D eigenvalue weighted by atomic mass is 35.5. The lowest BCUT2D eigenvalue weighted by molar-refractivity contribution is 0.0730. The van der Waals surface area contributed by atoms with Crippen LogP contribution in [-0.2, 0) is 13.2 Å². The van der Waals surface area contributed by atoms with Crippen molar-refractivity contribution < 1.29 is 9.53 Å². The molecule has 0 fully saturated rings. The van der Waals surface area contributed by atoms with Gasteiger partial charge in [0.05, 0.1) is 11.7 Å². The van der Waals surface area contributed by atoms with Gasteiger partial charge in [0, 0.05) is 22.7 Å². The lowest BCUT2D eigenvalue weighted by Crippen LogP contribution is -2.29. The van der Waals surface area contributed by atoms with Gasteiger partial charge in [0.25, 0.3) is 5.91 Å². The zero-order chi connectivity index (χ0) is 25.2. The number of carbonyl (C=O) groups excluding carboxylic acids is 1. The third-order valence-corrected chi connectivity index (χ3v) is 7.02. The lowest BCUT2D eigenvalue weighted by Gasteiger charge is -2.27. The summed E-state index contributed by atoms with van der Waals surface area (Å²) in [7, 11) is 0. The SMILES string of the molecule is O=C1c2[nH]nc(-c3ccccc3)c2C(c2ccc(OCc3ccccc3)cc2)N1Cc1ccccc1Cl. The van der Waals surface area contributed by atoms with Crippen molar-refractivity contribution in [2.45, 2.75) is 19.2 Å². The fraction of sp³-hybridized carbons (Fsp3) is 0.0968. The van der Waals surface area contributed by atoms with Crippen LogP contribution in [0.1, 0.15) is 38.8 Å². The molecule has 6 rings (SSSR count). The van der Waals surface area contributed by atoms with Crippen LogP contribution in [0.25, 0.3) is 11.3 Å². The molecule has 4 aromatic carbocycles. The first-order chi connectivity index (χ1) is 18.2. The topological polar surface area (TPSA) is 58.2 Å². The number of hydrogen-bond acceptors (Lipinski definition) is 3. The van der Waals surface area contributed by atoms with Crippen LogP contribution in [0.4, 0.5) is 0 Å². The minimum atomic E-state index is -0.323. The highest BCUT2D eigenvalue weighted by Crippen LogP contribution is 2.44. The van der Waals surface area contributed by atoms with Crippen LogP contribution in [0.3, 0.4) is 0 Å². The van der Waals surface area contributed by atoms with Crippen LogP contribution < -0.4 is 4.74 Å². The largest absolute Gasteiger partial charge is 0.489 e. The number of nitrogens with zero attached hydrogens (tertiary/aromatic N) is 2. The van der Waals surface area contributed by atoms with E-state index in [0.29, 0.717) is 23.9 Å². The quantitative estimate of drug-likeness (QED) is 0.258. The summed E-state index contributed by atoms with van der Waals surface area (Å²) >= 11 is 6.49. The molecular weight excluding hydrogens is 482 g/mol. The van der Waals surface area contributed by atoms with Gasteiger partial charge in [-0.15, -0.1) is 0 Å². The van der Waals surface area contributed by atoms with Gasteiger partial charge in [-0.3, -0.25) is 9.89 Å². The van der Waals surface area contributed by atoms with Crippen LogP contribution in [-0.4, -0.2) is 21.0 Å². The Morgan fingerprint density at radius 3 is 2.24 bits per heavy atom. The molecule has 1 unspecified atom stereocenters. The number of halogens is 1. The fourth-order valence-corrected chi connectivity index (χ4v) is 5.02. The maximum absolute atomic E-state index is 13.7. The summed E-state index contributed by atoms with van der Waals surface area (Å²) in [6.45, 7) is 0.872. The second-order valence-electron chi connectivity index (χ2n) is 9.00. The minimum Gasteiger partial charge on any atom is -0.489 e. The number of aromatic amines is 1. The molecular formula is C31H24ClN3O2. The van der Waals surface area contributed by atoms with E-state index < -0.39 is 0 Å². The Labute approximate surface area is 220 Å². The predicted octanol–water partition coefficient (Wildman–Crippen LogP) is 7.05. The molecule has 37 heavy (non-hydrogen) atoms. The summed E-state index contributed by atoms with van der Waals surface area (Å²) < 4.78 is 6.00. The van der Waals surface area contributed by atoms with Crippen LogP contribution >= 0.6 is 11.6 Å². The molecule has 0 saturated carbocycles. The van der Waals surface area contributed by atoms with E-state index in [-0.39, 0.29) is 11.9 Å². The van der Waals surface area contributed by atoms with Gasteiger partial charge in [-0.05, 0) is 34.9 Å². The third-order valence-electron chi connectivity index (χ3n) is 6.65. The Balaban J connectivity index is 1.37. The van der Waals surface area contributed by atoms with Crippen molar-refractivity contribution in [3.05, 3.63) is 142 Å². The van der Waals surface area contributed by atoms with Gasteiger partial charge in [0.15, 0.2) is 0 Å². The summed E-state index contributed by atoms with van der Waals surface area (Å²) in [6.07, 6.45) is 0. The van der Waals surface area contributed by atoms with E-state index in [0.717, 1.165) is 39.3 Å². The Hall–Kier alpha value is -4.35. The molecule has 1 atom stereocenters. The van der Waals surface area contributed by atoms with E-state index in [9.17, 15) is 4.79 Å². The average Bonchev–Trinajstić information content (AvgIpc) is 3.49. The molecule has 1 aliphatic heterocycles. The first-order valence-electron chi connectivity index (χ1n) is 12.1. The normalized spacial score (nSPS) is 14.6. The number of amides is 1. The van der Waals surface area contributed by atoms with Crippen LogP contribution in [0.2, 0.25) is 5.02 Å². The molecule has 0 spiro atoms. The number of H-pyrrole nitrogens is 1. The molecule has 1 aromatic heterocycles. The first kappa shape index (κ1) is 23.1. The number of rotatable bonds is 7. The molecule has 0 aliphatic carbocycles. The van der Waals surface area contributed by atoms with E-state index in [1.165, 1.54) is 0 Å². The zero-order valence-corrected chi connectivity index (χ0v) is 20.7. The Morgan fingerprint density at radius 1 is 0.838 bits per heavy atom. The van der Waals surface area contributed by atoms with E-state index in [1.807, 2.05) is 114 Å². The molecule has 5 nitrogen and oxygen atoms in total. The number of aromatic nitrogens is 2. The zero-order valence-electron chi connectivity index (χ0n) is 20.0. The van der Waals surface area contributed by atoms with E-state index in [4.69, 9.17) is 16.3 Å². The summed E-state index contributed by atoms with van der Waals surface area (Å²) in [6, 6.07) is 35.3. The van der Waals surface area contributed by atoms with Gasteiger partial charge in [0.2, 0.25) is 0 Å². The summed E-state index contributed by atoms with van der Waals surface area (Å²) in [5.74, 6) is 0.671. The van der Waals surface area contributed by atoms with Crippen LogP contribution in [0, 0.1) is 0 Å². The summed E-state index contributed by atoms with van der Waals surface area (Å²) in [5, 5.41) is 8.20. The van der Waals surface area contributed by atoms with Gasteiger partial charge in [-0.25, -0.2) is 0 Å². The Bertz CT molecular complexity index is 1530. The van der Waals surface area contributed by atoms with Crippen molar-refractivity contribution >= 4 is 17.5 Å². The fourth-order valence-electron chi connectivity index (χ4n) is 4.82. The highest BCUT2D eigenvalue weighted by molar-refractivity contribution is 6.31. The van der Waals surface area contributed by atoms with Crippen molar-refractivity contribution in [1.29, 1.82) is 0 Å². The van der Waals surface area contributed by atoms with E-state index in [2.05, 4.69) is 10.2 Å². The number of nitrogens with one attached hydrogen (secondary N) is 1. The average molecular weight is 506 g/mol. The van der Waals surface area contributed by atoms with Gasteiger partial charge in [-0.2, -0.15) is 5.10 Å². The maximum atomic E-state index is 13.7. The molecule has 1 N–H and O–H groups in total. The number of carbonyl (C=O) groups is 1. The number of hydrogen-bond donors (Lipinski definition) is 1. The van der Waals surface area contributed by atoms with Crippen molar-refractivity contribution in [2.75, 3.05) is 0 Å². The van der Waals surface area contributed by atoms with Gasteiger partial charge < -0.3 is 9.64 Å². The minimum absolute atomic E-state index is 0.0981. The highest BCUT2D eigenvalue weighted by Gasteiger charge is 2.42. The van der Waals surface area contributed by atoms with Crippen LogP contribution in [0.5, 0.6) is 5.75 Å². The molecule has 1 amide bonds. The van der Waals surface area contributed by atoms with Gasteiger partial charge >= 0.3 is 0 Å². The Morgan fingerprint density at radius 2 is 1.51 bits per heavy atom. The van der Waals surface area contributed by atoms with Gasteiger partial charge in [0.1, 0.15) is 18.1 Å². The van der Waals surface area contributed by atoms with E-state index in [1.54, 1.807) is 0 Å². The second kappa shape index (κ2) is 9.96. The lowest BCUT2D eigenvalue weighted by atomic mass is 9.96. The van der Waals surface area contributed by atoms with Crippen molar-refractivity contribution in [3.8, 4) is 17.0 Å². The van der Waals surface area contributed by atoms with Crippen molar-refractivity contribution in [3.63, 3.8) is 0 Å². The molecule has 0 radical (unpaired) electrons. The number of fused-ring (bicyclic) bond motifs is 1.